The van der Waals surface area contributed by atoms with E-state index >= 15 is 0 Å². The number of methoxy groups -OCH3 is 1. The molecule has 1 amide bonds. The Labute approximate surface area is 123 Å². The first-order valence-electron chi connectivity index (χ1n) is 6.49. The second-order valence-electron chi connectivity index (χ2n) is 5.06. The number of carbonyl (C=O) groups excluding carboxylic acids is 2. The number of carbonyl (C=O) groups is 2. The highest BCUT2D eigenvalue weighted by Gasteiger charge is 2.32. The van der Waals surface area contributed by atoms with Crippen molar-refractivity contribution in [2.45, 2.75) is 11.7 Å². The van der Waals surface area contributed by atoms with E-state index in [4.69, 9.17) is 0 Å². The zero-order valence-electron chi connectivity index (χ0n) is 11.9. The van der Waals surface area contributed by atoms with Crippen LogP contribution in [0.15, 0.2) is 24.3 Å². The molecule has 0 saturated carbocycles. The molecule has 0 N–H and O–H groups in total. The summed E-state index contributed by atoms with van der Waals surface area (Å²) in [5.74, 6) is -0.690. The number of rotatable bonds is 3. The number of esters is 1. The van der Waals surface area contributed by atoms with Gasteiger partial charge in [-0.1, -0.05) is 0 Å². The van der Waals surface area contributed by atoms with Crippen LogP contribution in [0.2, 0.25) is 0 Å². The fourth-order valence-electron chi connectivity index (χ4n) is 2.31. The van der Waals surface area contributed by atoms with E-state index in [9.17, 15) is 18.0 Å². The van der Waals surface area contributed by atoms with Gasteiger partial charge < -0.3 is 9.64 Å². The van der Waals surface area contributed by atoms with Crippen LogP contribution >= 0.6 is 0 Å². The largest absolute Gasteiger partial charge is 0.465 e. The molecule has 7 heteroatoms. The topological polar surface area (TPSA) is 80.8 Å². The number of likely N-dealkylation sites (tertiary alicyclic amines) is 1. The highest BCUT2D eigenvalue weighted by atomic mass is 32.2. The molecule has 0 unspecified atom stereocenters. The predicted octanol–water partition coefficient (Wildman–Crippen LogP) is 0.732. The maximum atomic E-state index is 12.3. The van der Waals surface area contributed by atoms with Crippen molar-refractivity contribution in [3.8, 4) is 0 Å². The van der Waals surface area contributed by atoms with Gasteiger partial charge in [0.25, 0.3) is 5.91 Å². The molecular weight excluding hydrogens is 294 g/mol. The van der Waals surface area contributed by atoms with Crippen LogP contribution < -0.4 is 0 Å². The molecule has 0 spiro atoms. The summed E-state index contributed by atoms with van der Waals surface area (Å²) in [5, 5.41) is -0.490. The molecule has 1 aliphatic heterocycles. The summed E-state index contributed by atoms with van der Waals surface area (Å²) in [4.78, 5) is 25.1. The summed E-state index contributed by atoms with van der Waals surface area (Å²) < 4.78 is 27.6. The van der Waals surface area contributed by atoms with E-state index in [1.54, 1.807) is 12.1 Å². The van der Waals surface area contributed by atoms with Crippen LogP contribution in [-0.4, -0.2) is 56.9 Å². The second-order valence-corrected chi connectivity index (χ2v) is 7.39. The first kappa shape index (κ1) is 15.5. The minimum absolute atomic E-state index is 0.219. The lowest BCUT2D eigenvalue weighted by molar-refractivity contribution is 0.0600. The van der Waals surface area contributed by atoms with Gasteiger partial charge in [-0.2, -0.15) is 0 Å². The Balaban J connectivity index is 2.09. The molecular formula is C14H17NO5S. The van der Waals surface area contributed by atoms with E-state index in [1.165, 1.54) is 30.4 Å². The third-order valence-corrected chi connectivity index (χ3v) is 5.19. The summed E-state index contributed by atoms with van der Waals surface area (Å²) in [6, 6.07) is 6.12. The van der Waals surface area contributed by atoms with Gasteiger partial charge in [0.15, 0.2) is 9.84 Å². The van der Waals surface area contributed by atoms with Crippen molar-refractivity contribution in [3.63, 3.8) is 0 Å². The fourth-order valence-corrected chi connectivity index (χ4v) is 3.30. The second kappa shape index (κ2) is 5.85. The summed E-state index contributed by atoms with van der Waals surface area (Å²) in [6.07, 6.45) is 1.65. The first-order valence-corrected chi connectivity index (χ1v) is 8.45. The van der Waals surface area contributed by atoms with Crippen molar-refractivity contribution in [3.05, 3.63) is 35.4 Å². The molecule has 1 aromatic rings. The van der Waals surface area contributed by atoms with Crippen LogP contribution in [0, 0.1) is 0 Å². The number of hydrogen-bond acceptors (Lipinski definition) is 5. The summed E-state index contributed by atoms with van der Waals surface area (Å²) in [6.45, 7) is 0.645. The van der Waals surface area contributed by atoms with Crippen LogP contribution in [0.25, 0.3) is 0 Å². The van der Waals surface area contributed by atoms with Crippen LogP contribution in [0.3, 0.4) is 0 Å². The van der Waals surface area contributed by atoms with Gasteiger partial charge in [-0.05, 0) is 30.7 Å². The quantitative estimate of drug-likeness (QED) is 0.769. The Morgan fingerprint density at radius 1 is 1.19 bits per heavy atom. The molecule has 1 aliphatic rings. The lowest BCUT2D eigenvalue weighted by Gasteiger charge is -2.16. The molecule has 1 heterocycles. The average Bonchev–Trinajstić information content (AvgIpc) is 2.95. The van der Waals surface area contributed by atoms with Gasteiger partial charge in [0, 0.05) is 24.9 Å². The van der Waals surface area contributed by atoms with Gasteiger partial charge in [0.05, 0.1) is 17.9 Å². The van der Waals surface area contributed by atoms with Crippen molar-refractivity contribution < 1.29 is 22.7 Å². The van der Waals surface area contributed by atoms with E-state index in [0.717, 1.165) is 0 Å². The molecule has 114 valence electrons. The van der Waals surface area contributed by atoms with Crippen molar-refractivity contribution in [1.82, 2.24) is 4.90 Å². The lowest BCUT2D eigenvalue weighted by atomic mass is 10.1. The van der Waals surface area contributed by atoms with Crippen LogP contribution in [-0.2, 0) is 14.6 Å². The van der Waals surface area contributed by atoms with Gasteiger partial charge in [-0.3, -0.25) is 4.79 Å². The smallest absolute Gasteiger partial charge is 0.337 e. The van der Waals surface area contributed by atoms with E-state index < -0.39 is 21.1 Å². The zero-order chi connectivity index (χ0) is 15.6. The standard InChI is InChI=1S/C14H17NO5S/c1-20-14(17)11-5-3-10(4-6-11)13(16)15-8-7-12(9-15)21(2,18)19/h3-6,12H,7-9H2,1-2H3/t12-/m1/s1. The summed E-state index contributed by atoms with van der Waals surface area (Å²) in [7, 11) is -1.84. The Morgan fingerprint density at radius 3 is 2.24 bits per heavy atom. The highest BCUT2D eigenvalue weighted by molar-refractivity contribution is 7.91. The van der Waals surface area contributed by atoms with Crippen LogP contribution in [0.1, 0.15) is 27.1 Å². The minimum atomic E-state index is -3.13. The Morgan fingerprint density at radius 2 is 1.76 bits per heavy atom. The normalized spacial score (nSPS) is 18.6. The Hall–Kier alpha value is -1.89. The molecule has 0 aliphatic carbocycles. The molecule has 1 fully saturated rings. The number of nitrogens with zero attached hydrogens (tertiary/aromatic N) is 1. The van der Waals surface area contributed by atoms with Crippen molar-refractivity contribution in [1.29, 1.82) is 0 Å². The average molecular weight is 311 g/mol. The molecule has 0 radical (unpaired) electrons. The minimum Gasteiger partial charge on any atom is -0.465 e. The van der Waals surface area contributed by atoms with Gasteiger partial charge in [-0.15, -0.1) is 0 Å². The van der Waals surface area contributed by atoms with Gasteiger partial charge in [0.2, 0.25) is 0 Å². The van der Waals surface area contributed by atoms with Crippen molar-refractivity contribution in [2.24, 2.45) is 0 Å². The Bertz CT molecular complexity index is 650. The number of benzene rings is 1. The van der Waals surface area contributed by atoms with Crippen LogP contribution in [0.4, 0.5) is 0 Å². The maximum absolute atomic E-state index is 12.3. The zero-order valence-corrected chi connectivity index (χ0v) is 12.7. The summed E-state index contributed by atoms with van der Waals surface area (Å²) in [5.41, 5.74) is 0.793. The van der Waals surface area contributed by atoms with Gasteiger partial charge >= 0.3 is 5.97 Å². The van der Waals surface area contributed by atoms with Crippen molar-refractivity contribution >= 4 is 21.7 Å². The molecule has 1 atom stereocenters. The van der Waals surface area contributed by atoms with Gasteiger partial charge in [-0.25, -0.2) is 13.2 Å². The SMILES string of the molecule is COC(=O)c1ccc(C(=O)N2CC[C@@H](S(C)(=O)=O)C2)cc1. The monoisotopic (exact) mass is 311 g/mol. The third-order valence-electron chi connectivity index (χ3n) is 3.59. The number of ether oxygens (including phenoxy) is 1. The van der Waals surface area contributed by atoms with E-state index in [-0.39, 0.29) is 12.5 Å². The van der Waals surface area contributed by atoms with E-state index in [0.29, 0.717) is 24.1 Å². The first-order chi connectivity index (χ1) is 9.82. The molecule has 1 aromatic carbocycles. The number of hydrogen-bond donors (Lipinski definition) is 0. The van der Waals surface area contributed by atoms with E-state index in [2.05, 4.69) is 4.74 Å². The highest BCUT2D eigenvalue weighted by Crippen LogP contribution is 2.19. The predicted molar refractivity (Wildman–Crippen MR) is 76.9 cm³/mol. The molecule has 0 aromatic heterocycles. The molecule has 0 bridgehead atoms. The maximum Gasteiger partial charge on any atom is 0.337 e. The molecule has 2 rings (SSSR count). The van der Waals surface area contributed by atoms with Gasteiger partial charge in [0.1, 0.15) is 0 Å². The third kappa shape index (κ3) is 3.41. The molecule has 6 nitrogen and oxygen atoms in total. The van der Waals surface area contributed by atoms with Crippen LogP contribution in [0.5, 0.6) is 0 Å². The fraction of sp³-hybridized carbons (Fsp3) is 0.429. The van der Waals surface area contributed by atoms with E-state index in [1.807, 2.05) is 0 Å². The number of amides is 1. The summed E-state index contributed by atoms with van der Waals surface area (Å²) >= 11 is 0. The molecule has 1 saturated heterocycles. The lowest BCUT2D eigenvalue weighted by Crippen LogP contribution is -2.31. The molecule has 21 heavy (non-hydrogen) atoms. The van der Waals surface area contributed by atoms with Crippen molar-refractivity contribution in [2.75, 3.05) is 26.5 Å². The number of sulfone groups is 1. The Kier molecular flexibility index (Phi) is 4.32.